The zero-order valence-electron chi connectivity index (χ0n) is 7.61. The fourth-order valence-corrected chi connectivity index (χ4v) is 1.43. The number of hydrogen-bond acceptors (Lipinski definition) is 3. The van der Waals surface area contributed by atoms with Crippen LogP contribution in [0, 0.1) is 5.82 Å². The number of anilines is 1. The van der Waals surface area contributed by atoms with Crippen molar-refractivity contribution in [1.29, 1.82) is 0 Å². The number of halogens is 2. The topological polar surface area (TPSA) is 51.8 Å². The van der Waals surface area contributed by atoms with Crippen LogP contribution < -0.4 is 5.73 Å². The third-order valence-electron chi connectivity index (χ3n) is 1.86. The number of aromatic nitrogens is 2. The van der Waals surface area contributed by atoms with Gasteiger partial charge in [0, 0.05) is 0 Å². The average molecular weight is 224 g/mol. The van der Waals surface area contributed by atoms with Crippen molar-refractivity contribution in [3.63, 3.8) is 0 Å². The first-order valence-electron chi connectivity index (χ1n) is 4.20. The van der Waals surface area contributed by atoms with Crippen molar-refractivity contribution >= 4 is 17.3 Å². The maximum absolute atomic E-state index is 13.4. The fraction of sp³-hybridized carbons (Fsp3) is 0. The average Bonchev–Trinajstić information content (AvgIpc) is 2.20. The normalized spacial score (nSPS) is 10.3. The van der Waals surface area contributed by atoms with E-state index >= 15 is 0 Å². The van der Waals surface area contributed by atoms with Crippen LogP contribution in [0.5, 0.6) is 0 Å². The van der Waals surface area contributed by atoms with E-state index in [1.165, 1.54) is 24.5 Å². The summed E-state index contributed by atoms with van der Waals surface area (Å²) in [5.74, 6) is -0.223. The first kappa shape index (κ1) is 9.86. The van der Waals surface area contributed by atoms with Crippen LogP contribution in [0.25, 0.3) is 11.4 Å². The monoisotopic (exact) mass is 223 g/mol. The van der Waals surface area contributed by atoms with E-state index in [9.17, 15) is 4.39 Å². The van der Waals surface area contributed by atoms with Crippen LogP contribution >= 0.6 is 11.6 Å². The largest absolute Gasteiger partial charge is 0.396 e. The third kappa shape index (κ3) is 1.89. The Morgan fingerprint density at radius 2 is 1.87 bits per heavy atom. The summed E-state index contributed by atoms with van der Waals surface area (Å²) in [4.78, 5) is 7.82. The molecule has 0 amide bonds. The molecule has 0 fully saturated rings. The van der Waals surface area contributed by atoms with E-state index in [0.29, 0.717) is 5.69 Å². The van der Waals surface area contributed by atoms with Gasteiger partial charge in [-0.25, -0.2) is 14.4 Å². The lowest BCUT2D eigenvalue weighted by Gasteiger charge is -2.03. The molecular weight excluding hydrogens is 217 g/mol. The van der Waals surface area contributed by atoms with Crippen LogP contribution in [0.15, 0.2) is 30.6 Å². The van der Waals surface area contributed by atoms with Crippen LogP contribution in [-0.2, 0) is 0 Å². The zero-order chi connectivity index (χ0) is 10.8. The molecule has 2 aromatic rings. The van der Waals surface area contributed by atoms with Gasteiger partial charge in [-0.3, -0.25) is 0 Å². The molecule has 0 saturated carbocycles. The lowest BCUT2D eigenvalue weighted by Crippen LogP contribution is -1.95. The van der Waals surface area contributed by atoms with Crippen LogP contribution in [0.3, 0.4) is 0 Å². The summed E-state index contributed by atoms with van der Waals surface area (Å²) in [5.41, 5.74) is 6.05. The Balaban J connectivity index is 2.58. The lowest BCUT2D eigenvalue weighted by molar-refractivity contribution is 0.630. The van der Waals surface area contributed by atoms with Gasteiger partial charge in [-0.05, 0) is 12.1 Å². The van der Waals surface area contributed by atoms with Crippen molar-refractivity contribution in [2.75, 3.05) is 5.73 Å². The van der Waals surface area contributed by atoms with Crippen molar-refractivity contribution in [3.8, 4) is 11.4 Å². The number of hydrogen-bond donors (Lipinski definition) is 1. The molecule has 0 atom stereocenters. The molecule has 0 aliphatic rings. The molecule has 1 heterocycles. The minimum atomic E-state index is -0.452. The predicted molar refractivity (Wildman–Crippen MR) is 56.8 cm³/mol. The first-order valence-corrected chi connectivity index (χ1v) is 4.58. The maximum atomic E-state index is 13.4. The van der Waals surface area contributed by atoms with Crippen molar-refractivity contribution in [1.82, 2.24) is 9.97 Å². The molecule has 15 heavy (non-hydrogen) atoms. The quantitative estimate of drug-likeness (QED) is 0.808. The van der Waals surface area contributed by atoms with Gasteiger partial charge in [0.15, 0.2) is 5.82 Å². The molecule has 1 aromatic heterocycles. The van der Waals surface area contributed by atoms with Crippen LogP contribution in [0.2, 0.25) is 5.02 Å². The van der Waals surface area contributed by atoms with Crippen molar-refractivity contribution in [3.05, 3.63) is 41.4 Å². The molecule has 2 rings (SSSR count). The molecule has 2 N–H and O–H groups in total. The van der Waals surface area contributed by atoms with E-state index in [2.05, 4.69) is 9.97 Å². The third-order valence-corrected chi connectivity index (χ3v) is 2.17. The van der Waals surface area contributed by atoms with Crippen molar-refractivity contribution in [2.45, 2.75) is 0 Å². The Morgan fingerprint density at radius 1 is 1.20 bits per heavy atom. The Kier molecular flexibility index (Phi) is 2.51. The number of nitrogen functional groups attached to an aromatic ring is 1. The van der Waals surface area contributed by atoms with Crippen molar-refractivity contribution < 1.29 is 4.39 Å². The highest BCUT2D eigenvalue weighted by Gasteiger charge is 2.11. The first-order chi connectivity index (χ1) is 7.18. The number of nitrogens with zero attached hydrogens (tertiary/aromatic N) is 2. The summed E-state index contributed by atoms with van der Waals surface area (Å²) in [6, 6.07) is 4.42. The van der Waals surface area contributed by atoms with Crippen LogP contribution in [0.4, 0.5) is 10.1 Å². The second kappa shape index (κ2) is 3.82. The van der Waals surface area contributed by atoms with Gasteiger partial charge in [-0.2, -0.15) is 0 Å². The highest BCUT2D eigenvalue weighted by Crippen LogP contribution is 2.27. The second-order valence-electron chi connectivity index (χ2n) is 2.94. The molecule has 0 radical (unpaired) electrons. The SMILES string of the molecule is Nc1cnc(-c2c(F)cccc2Cl)nc1. The van der Waals surface area contributed by atoms with E-state index in [4.69, 9.17) is 17.3 Å². The number of rotatable bonds is 1. The van der Waals surface area contributed by atoms with Gasteiger partial charge < -0.3 is 5.73 Å². The molecule has 0 unspecified atom stereocenters. The van der Waals surface area contributed by atoms with E-state index < -0.39 is 5.82 Å². The van der Waals surface area contributed by atoms with E-state index in [1.54, 1.807) is 6.07 Å². The fourth-order valence-electron chi connectivity index (χ4n) is 1.18. The van der Waals surface area contributed by atoms with Crippen LogP contribution in [0.1, 0.15) is 0 Å². The van der Waals surface area contributed by atoms with Gasteiger partial charge in [-0.15, -0.1) is 0 Å². The molecule has 76 valence electrons. The Labute approximate surface area is 90.7 Å². The van der Waals surface area contributed by atoms with Gasteiger partial charge in [-0.1, -0.05) is 17.7 Å². The summed E-state index contributed by atoms with van der Waals surface area (Å²) in [7, 11) is 0. The summed E-state index contributed by atoms with van der Waals surface area (Å²) >= 11 is 5.85. The minimum Gasteiger partial charge on any atom is -0.396 e. The molecule has 5 heteroatoms. The highest BCUT2D eigenvalue weighted by molar-refractivity contribution is 6.33. The zero-order valence-corrected chi connectivity index (χ0v) is 8.37. The Hall–Kier alpha value is -1.68. The molecule has 0 spiro atoms. The molecule has 0 bridgehead atoms. The van der Waals surface area contributed by atoms with Gasteiger partial charge in [0.05, 0.1) is 28.7 Å². The summed E-state index contributed by atoms with van der Waals surface area (Å²) < 4.78 is 13.4. The molecule has 0 saturated heterocycles. The predicted octanol–water partition coefficient (Wildman–Crippen LogP) is 2.52. The number of benzene rings is 1. The van der Waals surface area contributed by atoms with Gasteiger partial charge in [0.1, 0.15) is 5.82 Å². The summed E-state index contributed by atoms with van der Waals surface area (Å²) in [5, 5.41) is 0.278. The van der Waals surface area contributed by atoms with Gasteiger partial charge in [0.25, 0.3) is 0 Å². The molecular formula is C10H7ClFN3. The lowest BCUT2D eigenvalue weighted by atomic mass is 10.2. The standard InChI is InChI=1S/C10H7ClFN3/c11-7-2-1-3-8(12)9(7)10-14-4-6(13)5-15-10/h1-5H,13H2. The van der Waals surface area contributed by atoms with Gasteiger partial charge in [0.2, 0.25) is 0 Å². The summed E-state index contributed by atoms with van der Waals surface area (Å²) in [6.07, 6.45) is 2.82. The molecule has 0 aliphatic heterocycles. The van der Waals surface area contributed by atoms with E-state index in [1.807, 2.05) is 0 Å². The molecule has 1 aromatic carbocycles. The van der Waals surface area contributed by atoms with Gasteiger partial charge >= 0.3 is 0 Å². The Morgan fingerprint density at radius 3 is 2.47 bits per heavy atom. The Bertz CT molecular complexity index is 464. The summed E-state index contributed by atoms with van der Waals surface area (Å²) in [6.45, 7) is 0. The smallest absolute Gasteiger partial charge is 0.163 e. The van der Waals surface area contributed by atoms with Crippen LogP contribution in [-0.4, -0.2) is 9.97 Å². The molecule has 0 aliphatic carbocycles. The number of nitrogens with two attached hydrogens (primary N) is 1. The maximum Gasteiger partial charge on any atom is 0.163 e. The molecule has 3 nitrogen and oxygen atoms in total. The van der Waals surface area contributed by atoms with Crippen molar-refractivity contribution in [2.24, 2.45) is 0 Å². The minimum absolute atomic E-state index is 0.194. The second-order valence-corrected chi connectivity index (χ2v) is 3.34. The van der Waals surface area contributed by atoms with E-state index in [0.717, 1.165) is 0 Å². The van der Waals surface area contributed by atoms with E-state index in [-0.39, 0.29) is 16.4 Å². The highest BCUT2D eigenvalue weighted by atomic mass is 35.5.